The second-order valence-corrected chi connectivity index (χ2v) is 1.05. The van der Waals surface area contributed by atoms with Crippen molar-refractivity contribution >= 4 is 21.0 Å². The van der Waals surface area contributed by atoms with E-state index in [0.29, 0.717) is 0 Å². The van der Waals surface area contributed by atoms with E-state index in [1.165, 1.54) is 12.2 Å². The van der Waals surface area contributed by atoms with Crippen LogP contribution < -0.4 is 0 Å². The minimum atomic E-state index is 0.0455. The summed E-state index contributed by atoms with van der Waals surface area (Å²) in [4.78, 5) is 18.4. The van der Waals surface area contributed by atoms with Gasteiger partial charge in [0.05, 0.1) is 0 Å². The predicted molar refractivity (Wildman–Crippen MR) is 23.2 cm³/mol. The monoisotopic (exact) mass is 115 g/mol. The van der Waals surface area contributed by atoms with E-state index in [0.717, 1.165) is 0 Å². The molecule has 0 spiro atoms. The molecule has 0 aliphatic carbocycles. The summed E-state index contributed by atoms with van der Waals surface area (Å²) < 4.78 is 5.80. The van der Waals surface area contributed by atoms with E-state index in [1.54, 1.807) is 0 Å². The molecule has 0 saturated heterocycles. The fourth-order valence-corrected chi connectivity index (χ4v) is 0.177. The van der Waals surface area contributed by atoms with Gasteiger partial charge in [0.1, 0.15) is 0 Å². The second kappa shape index (κ2) is 5.19. The Morgan fingerprint density at radius 3 is 1.86 bits per heavy atom. The first-order valence-electron chi connectivity index (χ1n) is 1.26. The van der Waals surface area contributed by atoms with Crippen molar-refractivity contribution in [3.63, 3.8) is 0 Å². The molecule has 1 radical (unpaired) electrons. The lowest BCUT2D eigenvalue weighted by atomic mass is 11.7. The standard InChI is InChI=1S/C2N2O2P/c5-1-3-7-4-2-6. The molecule has 0 N–H and O–H groups in total. The van der Waals surface area contributed by atoms with Gasteiger partial charge >= 0.3 is 0 Å². The van der Waals surface area contributed by atoms with Gasteiger partial charge in [-0.15, -0.1) is 9.53 Å². The lowest BCUT2D eigenvalue weighted by molar-refractivity contribution is 0.566. The summed E-state index contributed by atoms with van der Waals surface area (Å²) in [5, 5.41) is 0. The lowest BCUT2D eigenvalue weighted by Crippen LogP contribution is -1.39. The van der Waals surface area contributed by atoms with Crippen molar-refractivity contribution in [2.24, 2.45) is 9.53 Å². The quantitative estimate of drug-likeness (QED) is 0.297. The largest absolute Gasteiger partial charge is 0.241 e. The zero-order chi connectivity index (χ0) is 5.54. The number of carbonyl (C=O) groups excluding carboxylic acids is 2. The van der Waals surface area contributed by atoms with Gasteiger partial charge in [0.2, 0.25) is 21.0 Å². The maximum Gasteiger partial charge on any atom is 0.241 e. The number of hydrogen-bond acceptors (Lipinski definition) is 4. The van der Waals surface area contributed by atoms with E-state index in [2.05, 4.69) is 9.53 Å². The van der Waals surface area contributed by atoms with Crippen LogP contribution in [0.15, 0.2) is 9.53 Å². The lowest BCUT2D eigenvalue weighted by Gasteiger charge is -1.59. The van der Waals surface area contributed by atoms with Crippen LogP contribution in [0.5, 0.6) is 0 Å². The normalized spacial score (nSPS) is 7.43. The van der Waals surface area contributed by atoms with Crippen molar-refractivity contribution in [2.45, 2.75) is 0 Å². The molecule has 35 valence electrons. The molecule has 0 heterocycles. The van der Waals surface area contributed by atoms with Gasteiger partial charge in [-0.1, -0.05) is 0 Å². The highest BCUT2D eigenvalue weighted by Gasteiger charge is 1.68. The Morgan fingerprint density at radius 2 is 1.57 bits per heavy atom. The van der Waals surface area contributed by atoms with Crippen LogP contribution in [0.2, 0.25) is 0 Å². The number of hydrogen-bond donors (Lipinski definition) is 0. The highest BCUT2D eigenvalue weighted by Crippen LogP contribution is 2.07. The van der Waals surface area contributed by atoms with Crippen LogP contribution >= 0.6 is 8.88 Å². The molecular weight excluding hydrogens is 115 g/mol. The predicted octanol–water partition coefficient (Wildman–Crippen LogP) is 0.434. The van der Waals surface area contributed by atoms with Crippen LogP contribution in [0.3, 0.4) is 0 Å². The third kappa shape index (κ3) is 5.19. The first-order valence-corrected chi connectivity index (χ1v) is 2.06. The summed E-state index contributed by atoms with van der Waals surface area (Å²) in [5.74, 6) is 0. The molecule has 0 bridgehead atoms. The molecule has 0 aliphatic heterocycles. The molecule has 0 unspecified atom stereocenters. The summed E-state index contributed by atoms with van der Waals surface area (Å²) >= 11 is 0. The Balaban J connectivity index is 3.33. The second-order valence-electron chi connectivity index (χ2n) is 0.472. The van der Waals surface area contributed by atoms with Crippen LogP contribution in [0, 0.1) is 0 Å². The van der Waals surface area contributed by atoms with Crippen molar-refractivity contribution in [1.29, 1.82) is 0 Å². The maximum atomic E-state index is 9.19. The van der Waals surface area contributed by atoms with E-state index >= 15 is 0 Å². The van der Waals surface area contributed by atoms with Gasteiger partial charge in [-0.3, -0.25) is 0 Å². The summed E-state index contributed by atoms with van der Waals surface area (Å²) in [6, 6.07) is 0. The van der Waals surface area contributed by atoms with Crippen molar-refractivity contribution in [1.82, 2.24) is 0 Å². The van der Waals surface area contributed by atoms with Crippen LogP contribution in [0.1, 0.15) is 0 Å². The summed E-state index contributed by atoms with van der Waals surface area (Å²) in [5.41, 5.74) is 0. The Hall–Kier alpha value is -0.810. The van der Waals surface area contributed by atoms with Gasteiger partial charge in [-0.25, -0.2) is 9.59 Å². The molecule has 0 atom stereocenters. The Morgan fingerprint density at radius 1 is 1.14 bits per heavy atom. The van der Waals surface area contributed by atoms with Crippen molar-refractivity contribution < 1.29 is 9.59 Å². The first kappa shape index (κ1) is 6.19. The number of rotatable bonds is 2. The molecule has 0 rings (SSSR count). The average molecular weight is 115 g/mol. The molecular formula is C2N2O2P. The SMILES string of the molecule is O=C=N[P]N=C=O. The molecule has 4 nitrogen and oxygen atoms in total. The molecule has 0 aromatic carbocycles. The maximum absolute atomic E-state index is 9.19. The van der Waals surface area contributed by atoms with Crippen molar-refractivity contribution in [3.8, 4) is 0 Å². The van der Waals surface area contributed by atoms with Gasteiger partial charge in [0.25, 0.3) is 0 Å². The molecule has 7 heavy (non-hydrogen) atoms. The zero-order valence-corrected chi connectivity index (χ0v) is 4.05. The fraction of sp³-hybridized carbons (Fsp3) is 0. The fourth-order valence-electron chi connectivity index (χ4n) is 0.0589. The van der Waals surface area contributed by atoms with Gasteiger partial charge in [-0.2, -0.15) is 0 Å². The van der Waals surface area contributed by atoms with E-state index in [9.17, 15) is 9.59 Å². The summed E-state index contributed by atoms with van der Waals surface area (Å²) in [7, 11) is 0.0455. The van der Waals surface area contributed by atoms with E-state index in [-0.39, 0.29) is 8.88 Å². The Labute approximate surface area is 41.2 Å². The van der Waals surface area contributed by atoms with Crippen LogP contribution in [0.25, 0.3) is 0 Å². The zero-order valence-electron chi connectivity index (χ0n) is 3.16. The highest BCUT2D eigenvalue weighted by atomic mass is 31.1. The van der Waals surface area contributed by atoms with Gasteiger partial charge in [-0.05, 0) is 0 Å². The highest BCUT2D eigenvalue weighted by molar-refractivity contribution is 7.35. The molecule has 0 aromatic heterocycles. The number of nitrogens with zero attached hydrogens (tertiary/aromatic N) is 2. The Kier molecular flexibility index (Phi) is 4.59. The van der Waals surface area contributed by atoms with Crippen LogP contribution in [0.4, 0.5) is 0 Å². The first-order chi connectivity index (χ1) is 3.41. The van der Waals surface area contributed by atoms with Gasteiger partial charge in [0, 0.05) is 0 Å². The minimum Gasteiger partial charge on any atom is -0.211 e. The molecule has 0 aromatic rings. The van der Waals surface area contributed by atoms with Gasteiger partial charge < -0.3 is 0 Å². The average Bonchev–Trinajstić information content (AvgIpc) is 1.69. The van der Waals surface area contributed by atoms with Crippen molar-refractivity contribution in [2.75, 3.05) is 0 Å². The molecule has 0 fully saturated rings. The summed E-state index contributed by atoms with van der Waals surface area (Å²) in [6.45, 7) is 0. The summed E-state index contributed by atoms with van der Waals surface area (Å²) in [6.07, 6.45) is 2.39. The third-order valence-corrected chi connectivity index (χ3v) is 0.513. The van der Waals surface area contributed by atoms with E-state index in [1.807, 2.05) is 0 Å². The van der Waals surface area contributed by atoms with Crippen LogP contribution in [-0.4, -0.2) is 12.2 Å². The van der Waals surface area contributed by atoms with E-state index in [4.69, 9.17) is 0 Å². The molecule has 0 aliphatic rings. The topological polar surface area (TPSA) is 58.9 Å². The minimum absolute atomic E-state index is 0.0455. The molecule has 0 saturated carbocycles. The van der Waals surface area contributed by atoms with E-state index < -0.39 is 0 Å². The number of isocyanates is 2. The smallest absolute Gasteiger partial charge is 0.211 e. The third-order valence-electron chi connectivity index (χ3n) is 0.171. The molecule has 5 heteroatoms. The van der Waals surface area contributed by atoms with Gasteiger partial charge in [0.15, 0.2) is 0 Å². The molecule has 0 amide bonds. The Bertz CT molecular complexity index is 117. The van der Waals surface area contributed by atoms with Crippen molar-refractivity contribution in [3.05, 3.63) is 0 Å². The van der Waals surface area contributed by atoms with Crippen LogP contribution in [-0.2, 0) is 9.59 Å².